The molecule has 1 aromatic heterocycles. The third-order valence-electron chi connectivity index (χ3n) is 5.70. The molecule has 0 aliphatic rings. The highest BCUT2D eigenvalue weighted by Crippen LogP contribution is 2.24. The Labute approximate surface area is 201 Å². The molecule has 0 bridgehead atoms. The minimum Gasteiger partial charge on any atom is -0.312 e. The average molecular weight is 472 g/mol. The molecule has 174 valence electrons. The van der Waals surface area contributed by atoms with Crippen LogP contribution in [0.3, 0.4) is 0 Å². The maximum Gasteiger partial charge on any atom is 0.241 e. The number of rotatable bonds is 9. The van der Waals surface area contributed by atoms with Crippen molar-refractivity contribution in [3.63, 3.8) is 0 Å². The largest absolute Gasteiger partial charge is 0.312 e. The van der Waals surface area contributed by atoms with E-state index in [1.165, 1.54) is 11.1 Å². The Morgan fingerprint density at radius 1 is 0.853 bits per heavy atom. The van der Waals surface area contributed by atoms with Gasteiger partial charge in [-0.1, -0.05) is 77.9 Å². The highest BCUT2D eigenvalue weighted by Gasteiger charge is 2.16. The van der Waals surface area contributed by atoms with E-state index in [0.29, 0.717) is 25.0 Å². The second-order valence-corrected chi connectivity index (χ2v) is 10.0. The summed E-state index contributed by atoms with van der Waals surface area (Å²) in [5, 5.41) is 4.79. The molecular formula is C28H29N3O2S. The molecule has 1 heterocycles. The molecule has 34 heavy (non-hydrogen) atoms. The second-order valence-electron chi connectivity index (χ2n) is 8.30. The summed E-state index contributed by atoms with van der Waals surface area (Å²) in [4.78, 5) is 4.34. The van der Waals surface area contributed by atoms with Crippen LogP contribution in [0.25, 0.3) is 16.3 Å². The first-order chi connectivity index (χ1) is 16.4. The number of aromatic nitrogens is 1. The number of hydrogen-bond donors (Lipinski definition) is 2. The Morgan fingerprint density at radius 3 is 2.15 bits per heavy atom. The van der Waals surface area contributed by atoms with E-state index in [-0.39, 0.29) is 4.90 Å². The SMILES string of the molecule is Cc1ccc(C(=CCNCCNS(=O)(=O)c2cccc3cnccc23)c2ccc(C)cc2)cc1. The molecule has 0 atom stereocenters. The molecule has 0 saturated carbocycles. The maximum atomic E-state index is 12.8. The van der Waals surface area contributed by atoms with Gasteiger partial charge in [0, 0.05) is 42.8 Å². The van der Waals surface area contributed by atoms with Gasteiger partial charge >= 0.3 is 0 Å². The lowest BCUT2D eigenvalue weighted by molar-refractivity contribution is 0.579. The fourth-order valence-electron chi connectivity index (χ4n) is 3.82. The van der Waals surface area contributed by atoms with Crippen LogP contribution >= 0.6 is 0 Å². The fourth-order valence-corrected chi connectivity index (χ4v) is 5.08. The number of hydrogen-bond acceptors (Lipinski definition) is 4. The summed E-state index contributed by atoms with van der Waals surface area (Å²) in [6, 6.07) is 23.9. The zero-order chi connectivity index (χ0) is 24.0. The van der Waals surface area contributed by atoms with E-state index in [1.54, 1.807) is 30.6 Å². The van der Waals surface area contributed by atoms with Gasteiger partial charge in [-0.05, 0) is 42.7 Å². The van der Waals surface area contributed by atoms with E-state index in [0.717, 1.165) is 22.1 Å². The van der Waals surface area contributed by atoms with Crippen LogP contribution in [0, 0.1) is 13.8 Å². The number of fused-ring (bicyclic) bond motifs is 1. The summed E-state index contributed by atoms with van der Waals surface area (Å²) in [7, 11) is -3.62. The zero-order valence-corrected chi connectivity index (χ0v) is 20.3. The smallest absolute Gasteiger partial charge is 0.241 e. The van der Waals surface area contributed by atoms with Crippen LogP contribution in [0.5, 0.6) is 0 Å². The minimum atomic E-state index is -3.62. The Kier molecular flexibility index (Phi) is 7.53. The quantitative estimate of drug-likeness (QED) is 0.342. The summed E-state index contributed by atoms with van der Waals surface area (Å²) < 4.78 is 28.4. The molecular weight excluding hydrogens is 442 g/mol. The average Bonchev–Trinajstić information content (AvgIpc) is 2.85. The van der Waals surface area contributed by atoms with E-state index in [9.17, 15) is 8.42 Å². The first-order valence-corrected chi connectivity index (χ1v) is 12.8. The Hall–Kier alpha value is -3.32. The van der Waals surface area contributed by atoms with Crippen molar-refractivity contribution in [3.05, 3.63) is 114 Å². The maximum absolute atomic E-state index is 12.8. The third kappa shape index (κ3) is 5.78. The number of sulfonamides is 1. The number of nitrogens with zero attached hydrogens (tertiary/aromatic N) is 1. The summed E-state index contributed by atoms with van der Waals surface area (Å²) in [5.74, 6) is 0. The van der Waals surface area contributed by atoms with Gasteiger partial charge in [-0.25, -0.2) is 13.1 Å². The van der Waals surface area contributed by atoms with Gasteiger partial charge in [0.1, 0.15) is 0 Å². The molecule has 0 aliphatic heterocycles. The molecule has 0 saturated heterocycles. The zero-order valence-electron chi connectivity index (χ0n) is 19.5. The van der Waals surface area contributed by atoms with Crippen molar-refractivity contribution in [3.8, 4) is 0 Å². The van der Waals surface area contributed by atoms with Crippen LogP contribution < -0.4 is 10.0 Å². The molecule has 0 unspecified atom stereocenters. The van der Waals surface area contributed by atoms with Crippen molar-refractivity contribution < 1.29 is 8.42 Å². The molecule has 4 aromatic rings. The fraction of sp³-hybridized carbons (Fsp3) is 0.179. The Morgan fingerprint density at radius 2 is 1.50 bits per heavy atom. The van der Waals surface area contributed by atoms with Gasteiger partial charge < -0.3 is 5.32 Å². The van der Waals surface area contributed by atoms with Crippen molar-refractivity contribution in [2.45, 2.75) is 18.7 Å². The van der Waals surface area contributed by atoms with Gasteiger partial charge in [0.2, 0.25) is 10.0 Å². The first-order valence-electron chi connectivity index (χ1n) is 11.3. The number of benzene rings is 3. The molecule has 0 spiro atoms. The highest BCUT2D eigenvalue weighted by atomic mass is 32.2. The molecule has 0 amide bonds. The van der Waals surface area contributed by atoms with Gasteiger partial charge in [-0.15, -0.1) is 0 Å². The van der Waals surface area contributed by atoms with Crippen LogP contribution in [0.2, 0.25) is 0 Å². The topological polar surface area (TPSA) is 71.1 Å². The molecule has 2 N–H and O–H groups in total. The Bertz CT molecular complexity index is 1340. The third-order valence-corrected chi connectivity index (χ3v) is 7.22. The lowest BCUT2D eigenvalue weighted by Gasteiger charge is -2.11. The van der Waals surface area contributed by atoms with E-state index in [4.69, 9.17) is 0 Å². The molecule has 3 aromatic carbocycles. The molecule has 0 aliphatic carbocycles. The molecule has 4 rings (SSSR count). The van der Waals surface area contributed by atoms with Crippen molar-refractivity contribution in [2.24, 2.45) is 0 Å². The lowest BCUT2D eigenvalue weighted by Crippen LogP contribution is -2.32. The van der Waals surface area contributed by atoms with Gasteiger partial charge in [0.25, 0.3) is 0 Å². The first kappa shape index (κ1) is 23.8. The number of aryl methyl sites for hydroxylation is 2. The number of nitrogens with one attached hydrogen (secondary N) is 2. The molecule has 0 fully saturated rings. The summed E-state index contributed by atoms with van der Waals surface area (Å²) in [5.41, 5.74) is 5.90. The van der Waals surface area contributed by atoms with Crippen LogP contribution in [0.1, 0.15) is 22.3 Å². The van der Waals surface area contributed by atoms with Gasteiger partial charge in [-0.2, -0.15) is 0 Å². The van der Waals surface area contributed by atoms with E-state index >= 15 is 0 Å². The van der Waals surface area contributed by atoms with Crippen LogP contribution in [0.4, 0.5) is 0 Å². The standard InChI is InChI=1S/C28H29N3O2S/c1-21-6-10-23(11-7-21)26(24-12-8-22(2)9-13-24)14-16-29-18-19-31-34(32,33)28-5-3-4-25-20-30-17-15-27(25)28/h3-15,17,20,29,31H,16,18-19H2,1-2H3. The molecule has 6 heteroatoms. The summed E-state index contributed by atoms with van der Waals surface area (Å²) in [6.45, 7) is 5.59. The summed E-state index contributed by atoms with van der Waals surface area (Å²) >= 11 is 0. The molecule has 0 radical (unpaired) electrons. The number of pyridine rings is 1. The van der Waals surface area contributed by atoms with Gasteiger partial charge in [0.15, 0.2) is 0 Å². The predicted molar refractivity (Wildman–Crippen MR) is 139 cm³/mol. The highest BCUT2D eigenvalue weighted by molar-refractivity contribution is 7.89. The van der Waals surface area contributed by atoms with Crippen LogP contribution in [0.15, 0.2) is 96.2 Å². The lowest BCUT2D eigenvalue weighted by atomic mass is 9.96. The monoisotopic (exact) mass is 471 g/mol. The van der Waals surface area contributed by atoms with Gasteiger partial charge in [-0.3, -0.25) is 4.98 Å². The minimum absolute atomic E-state index is 0.272. The van der Waals surface area contributed by atoms with E-state index < -0.39 is 10.0 Å². The van der Waals surface area contributed by atoms with Crippen molar-refractivity contribution in [1.29, 1.82) is 0 Å². The van der Waals surface area contributed by atoms with Gasteiger partial charge in [0.05, 0.1) is 4.90 Å². The van der Waals surface area contributed by atoms with Crippen molar-refractivity contribution >= 4 is 26.4 Å². The van der Waals surface area contributed by atoms with Crippen molar-refractivity contribution in [2.75, 3.05) is 19.6 Å². The van der Waals surface area contributed by atoms with E-state index in [1.807, 2.05) is 6.07 Å². The second kappa shape index (κ2) is 10.7. The normalized spacial score (nSPS) is 11.5. The van der Waals surface area contributed by atoms with Crippen molar-refractivity contribution in [1.82, 2.24) is 15.0 Å². The predicted octanol–water partition coefficient (Wildman–Crippen LogP) is 4.85. The Balaban J connectivity index is 1.39. The summed E-state index contributed by atoms with van der Waals surface area (Å²) in [6.07, 6.45) is 5.43. The van der Waals surface area contributed by atoms with E-state index in [2.05, 4.69) is 83.5 Å². The molecule has 5 nitrogen and oxygen atoms in total. The van der Waals surface area contributed by atoms with Crippen LogP contribution in [-0.2, 0) is 10.0 Å². The van der Waals surface area contributed by atoms with Crippen LogP contribution in [-0.4, -0.2) is 33.0 Å².